The third kappa shape index (κ3) is 5.33. The molecule has 0 bridgehead atoms. The van der Waals surface area contributed by atoms with Crippen LogP contribution in [0.15, 0.2) is 36.0 Å². The van der Waals surface area contributed by atoms with E-state index in [0.29, 0.717) is 6.42 Å². The highest BCUT2D eigenvalue weighted by Crippen LogP contribution is 2.22. The number of ether oxygens (including phenoxy) is 1. The lowest BCUT2D eigenvalue weighted by Crippen LogP contribution is -2.19. The summed E-state index contributed by atoms with van der Waals surface area (Å²) in [6.45, 7) is 10.3. The minimum Gasteiger partial charge on any atom is -0.386 e. The van der Waals surface area contributed by atoms with Crippen molar-refractivity contribution in [2.24, 2.45) is 0 Å². The number of rotatable bonds is 5. The minimum absolute atomic E-state index is 0.242. The van der Waals surface area contributed by atoms with Crippen LogP contribution < -0.4 is 0 Å². The summed E-state index contributed by atoms with van der Waals surface area (Å²) in [6.07, 6.45) is 8.78. The SMILES string of the molecule is C=CC(C)(O)CCC=C1COC(C=C(C)C)C1. The van der Waals surface area contributed by atoms with Crippen LogP contribution in [0.5, 0.6) is 0 Å². The van der Waals surface area contributed by atoms with Crippen LogP contribution in [0.25, 0.3) is 0 Å². The van der Waals surface area contributed by atoms with Gasteiger partial charge in [-0.1, -0.05) is 23.8 Å². The molecule has 0 saturated carbocycles. The summed E-state index contributed by atoms with van der Waals surface area (Å²) in [5.41, 5.74) is 1.88. The van der Waals surface area contributed by atoms with Crippen molar-refractivity contribution in [1.82, 2.24) is 0 Å². The van der Waals surface area contributed by atoms with Gasteiger partial charge in [0.15, 0.2) is 0 Å². The highest BCUT2D eigenvalue weighted by atomic mass is 16.5. The molecule has 0 spiro atoms. The van der Waals surface area contributed by atoms with Crippen LogP contribution in [0, 0.1) is 0 Å². The summed E-state index contributed by atoms with van der Waals surface area (Å²) in [5, 5.41) is 9.78. The van der Waals surface area contributed by atoms with Gasteiger partial charge in [0.1, 0.15) is 0 Å². The van der Waals surface area contributed by atoms with Gasteiger partial charge < -0.3 is 9.84 Å². The lowest BCUT2D eigenvalue weighted by atomic mass is 9.99. The average molecular weight is 236 g/mol. The molecule has 0 aromatic carbocycles. The predicted octanol–water partition coefficient (Wildman–Crippen LogP) is 3.39. The van der Waals surface area contributed by atoms with E-state index in [0.717, 1.165) is 19.4 Å². The Kier molecular flexibility index (Phi) is 5.16. The zero-order valence-electron chi connectivity index (χ0n) is 11.2. The number of hydrogen-bond donors (Lipinski definition) is 1. The van der Waals surface area contributed by atoms with Gasteiger partial charge in [0, 0.05) is 6.42 Å². The summed E-state index contributed by atoms with van der Waals surface area (Å²) in [6, 6.07) is 0. The van der Waals surface area contributed by atoms with Crippen molar-refractivity contribution in [2.75, 3.05) is 6.61 Å². The molecule has 1 saturated heterocycles. The Labute approximate surface area is 105 Å². The fourth-order valence-electron chi connectivity index (χ4n) is 1.88. The van der Waals surface area contributed by atoms with Crippen molar-refractivity contribution >= 4 is 0 Å². The van der Waals surface area contributed by atoms with Crippen LogP contribution in [0.4, 0.5) is 0 Å². The molecule has 1 heterocycles. The van der Waals surface area contributed by atoms with Gasteiger partial charge in [0.05, 0.1) is 18.3 Å². The second-order valence-corrected chi connectivity index (χ2v) is 5.26. The van der Waals surface area contributed by atoms with Gasteiger partial charge in [-0.2, -0.15) is 0 Å². The first-order chi connectivity index (χ1) is 7.93. The van der Waals surface area contributed by atoms with Gasteiger partial charge in [-0.3, -0.25) is 0 Å². The second kappa shape index (κ2) is 6.18. The van der Waals surface area contributed by atoms with Crippen molar-refractivity contribution in [3.8, 4) is 0 Å². The Bertz CT molecular complexity index is 320. The summed E-state index contributed by atoms with van der Waals surface area (Å²) >= 11 is 0. The zero-order chi connectivity index (χ0) is 12.9. The molecular weight excluding hydrogens is 212 g/mol. The van der Waals surface area contributed by atoms with Crippen LogP contribution in [0.1, 0.15) is 40.0 Å². The van der Waals surface area contributed by atoms with E-state index in [1.54, 1.807) is 13.0 Å². The van der Waals surface area contributed by atoms with Crippen LogP contribution >= 0.6 is 0 Å². The van der Waals surface area contributed by atoms with E-state index < -0.39 is 5.60 Å². The van der Waals surface area contributed by atoms with Gasteiger partial charge in [-0.05, 0) is 39.2 Å². The predicted molar refractivity (Wildman–Crippen MR) is 71.9 cm³/mol. The zero-order valence-corrected chi connectivity index (χ0v) is 11.2. The van der Waals surface area contributed by atoms with Crippen molar-refractivity contribution in [1.29, 1.82) is 0 Å². The largest absolute Gasteiger partial charge is 0.386 e. The molecule has 1 rings (SSSR count). The molecule has 0 aliphatic carbocycles. The van der Waals surface area contributed by atoms with E-state index in [9.17, 15) is 5.11 Å². The first-order valence-corrected chi connectivity index (χ1v) is 6.23. The Morgan fingerprint density at radius 3 is 2.88 bits per heavy atom. The highest BCUT2D eigenvalue weighted by Gasteiger charge is 2.18. The second-order valence-electron chi connectivity index (χ2n) is 5.26. The molecule has 1 N–H and O–H groups in total. The lowest BCUT2D eigenvalue weighted by molar-refractivity contribution is 0.103. The monoisotopic (exact) mass is 236 g/mol. The topological polar surface area (TPSA) is 29.5 Å². The van der Waals surface area contributed by atoms with E-state index in [1.165, 1.54) is 11.1 Å². The first kappa shape index (κ1) is 14.2. The van der Waals surface area contributed by atoms with Crippen molar-refractivity contribution < 1.29 is 9.84 Å². The van der Waals surface area contributed by atoms with Gasteiger partial charge in [0.25, 0.3) is 0 Å². The standard InChI is InChI=1S/C15H24O2/c1-5-15(4,16)8-6-7-13-10-14(17-11-13)9-12(2)3/h5,7,9,14,16H,1,6,8,10-11H2,2-4H3. The fourth-order valence-corrected chi connectivity index (χ4v) is 1.88. The number of aliphatic hydroxyl groups is 1. The molecule has 2 atom stereocenters. The van der Waals surface area contributed by atoms with Gasteiger partial charge >= 0.3 is 0 Å². The molecule has 17 heavy (non-hydrogen) atoms. The van der Waals surface area contributed by atoms with Crippen LogP contribution in [0.3, 0.4) is 0 Å². The molecule has 2 heteroatoms. The van der Waals surface area contributed by atoms with E-state index in [1.807, 2.05) is 0 Å². The van der Waals surface area contributed by atoms with Crippen molar-refractivity contribution in [3.63, 3.8) is 0 Å². The van der Waals surface area contributed by atoms with Gasteiger partial charge in [-0.15, -0.1) is 6.58 Å². The smallest absolute Gasteiger partial charge is 0.0800 e. The Morgan fingerprint density at radius 2 is 2.29 bits per heavy atom. The molecule has 1 aliphatic heterocycles. The summed E-state index contributed by atoms with van der Waals surface area (Å²) < 4.78 is 5.66. The van der Waals surface area contributed by atoms with Crippen molar-refractivity contribution in [2.45, 2.75) is 51.7 Å². The van der Waals surface area contributed by atoms with E-state index >= 15 is 0 Å². The lowest BCUT2D eigenvalue weighted by Gasteiger charge is -2.16. The number of hydrogen-bond acceptors (Lipinski definition) is 2. The van der Waals surface area contributed by atoms with E-state index in [4.69, 9.17) is 4.74 Å². The molecule has 1 aliphatic rings. The highest BCUT2D eigenvalue weighted by molar-refractivity contribution is 5.14. The molecule has 0 aromatic rings. The minimum atomic E-state index is -0.754. The summed E-state index contributed by atoms with van der Waals surface area (Å²) in [7, 11) is 0. The van der Waals surface area contributed by atoms with Crippen LogP contribution in [0.2, 0.25) is 0 Å². The Morgan fingerprint density at radius 1 is 1.59 bits per heavy atom. The molecule has 1 fully saturated rings. The quantitative estimate of drug-likeness (QED) is 0.741. The molecule has 0 radical (unpaired) electrons. The maximum absolute atomic E-state index is 9.78. The molecule has 2 nitrogen and oxygen atoms in total. The molecule has 96 valence electrons. The van der Waals surface area contributed by atoms with Crippen LogP contribution in [-0.4, -0.2) is 23.4 Å². The normalized spacial score (nSPS) is 25.6. The Hall–Kier alpha value is -0.860. The third-order valence-electron chi connectivity index (χ3n) is 2.99. The first-order valence-electron chi connectivity index (χ1n) is 6.23. The summed E-state index contributed by atoms with van der Waals surface area (Å²) in [4.78, 5) is 0. The van der Waals surface area contributed by atoms with Gasteiger partial charge in [-0.25, -0.2) is 0 Å². The average Bonchev–Trinajstić information content (AvgIpc) is 2.64. The van der Waals surface area contributed by atoms with Gasteiger partial charge in [0.2, 0.25) is 0 Å². The number of allylic oxidation sites excluding steroid dienone is 2. The maximum Gasteiger partial charge on any atom is 0.0800 e. The fraction of sp³-hybridized carbons (Fsp3) is 0.600. The Balaban J connectivity index is 2.38. The molecule has 2 unspecified atom stereocenters. The van der Waals surface area contributed by atoms with Crippen LogP contribution in [-0.2, 0) is 4.74 Å². The molecule has 0 amide bonds. The van der Waals surface area contributed by atoms with E-state index in [-0.39, 0.29) is 6.10 Å². The third-order valence-corrected chi connectivity index (χ3v) is 2.99. The maximum atomic E-state index is 9.78. The molecular formula is C15H24O2. The van der Waals surface area contributed by atoms with E-state index in [2.05, 4.69) is 32.6 Å². The van der Waals surface area contributed by atoms with Crippen molar-refractivity contribution in [3.05, 3.63) is 36.0 Å². The summed E-state index contributed by atoms with van der Waals surface area (Å²) in [5.74, 6) is 0. The molecule has 0 aromatic heterocycles.